The minimum absolute atomic E-state index is 0.0659. The largest absolute Gasteiger partial charge is 0.444 e. The third-order valence-electron chi connectivity index (χ3n) is 4.80. The van der Waals surface area contributed by atoms with Crippen molar-refractivity contribution in [2.24, 2.45) is 0 Å². The number of rotatable bonds is 2. The third-order valence-corrected chi connectivity index (χ3v) is 5.87. The number of hydrogen-bond acceptors (Lipinski definition) is 6. The lowest BCUT2D eigenvalue weighted by Crippen LogP contribution is -2.36. The van der Waals surface area contributed by atoms with Gasteiger partial charge < -0.3 is 9.64 Å². The van der Waals surface area contributed by atoms with Crippen molar-refractivity contribution < 1.29 is 9.53 Å². The summed E-state index contributed by atoms with van der Waals surface area (Å²) >= 11 is 1.44. The van der Waals surface area contributed by atoms with Gasteiger partial charge in [0, 0.05) is 17.4 Å². The molecule has 6 nitrogen and oxygen atoms in total. The van der Waals surface area contributed by atoms with E-state index in [1.165, 1.54) is 11.3 Å². The molecule has 0 aliphatic carbocycles. The maximum atomic E-state index is 12.6. The van der Waals surface area contributed by atoms with Gasteiger partial charge in [0.25, 0.3) is 5.56 Å². The maximum Gasteiger partial charge on any atom is 0.410 e. The average molecular weight is 410 g/mol. The Labute approximate surface area is 173 Å². The Morgan fingerprint density at radius 3 is 2.83 bits per heavy atom. The molecule has 0 radical (unpaired) electrons. The molecule has 1 atom stereocenters. The molecular weight excluding hydrogens is 386 g/mol. The zero-order chi connectivity index (χ0) is 20.6. The number of likely N-dealkylation sites (tertiary alicyclic amines) is 1. The zero-order valence-corrected chi connectivity index (χ0v) is 17.5. The number of aromatic nitrogens is 2. The highest BCUT2D eigenvalue weighted by atomic mass is 32.1. The number of benzene rings is 1. The lowest BCUT2D eigenvalue weighted by molar-refractivity contribution is 0.0224. The second kappa shape index (κ2) is 7.55. The number of pyridine rings is 1. The van der Waals surface area contributed by atoms with Gasteiger partial charge in [-0.15, -0.1) is 11.3 Å². The second-order valence-electron chi connectivity index (χ2n) is 8.13. The molecule has 1 aliphatic rings. The van der Waals surface area contributed by atoms with E-state index in [1.54, 1.807) is 17.2 Å². The van der Waals surface area contributed by atoms with E-state index in [2.05, 4.69) is 9.97 Å². The fraction of sp³-hybridized carbons (Fsp3) is 0.364. The molecule has 0 saturated carbocycles. The highest BCUT2D eigenvalue weighted by Gasteiger charge is 2.33. The maximum absolute atomic E-state index is 12.6. The number of amides is 1. The van der Waals surface area contributed by atoms with Gasteiger partial charge in [-0.25, -0.2) is 4.79 Å². The van der Waals surface area contributed by atoms with Crippen molar-refractivity contribution in [3.8, 4) is 10.7 Å². The summed E-state index contributed by atoms with van der Waals surface area (Å²) in [6, 6.07) is 11.2. The molecule has 1 unspecified atom stereocenters. The lowest BCUT2D eigenvalue weighted by atomic mass is 10.1. The van der Waals surface area contributed by atoms with E-state index >= 15 is 0 Å². The zero-order valence-electron chi connectivity index (χ0n) is 16.7. The smallest absolute Gasteiger partial charge is 0.410 e. The summed E-state index contributed by atoms with van der Waals surface area (Å²) < 4.78 is 6.45. The van der Waals surface area contributed by atoms with Crippen LogP contribution in [0, 0.1) is 0 Å². The van der Waals surface area contributed by atoms with E-state index in [0.717, 1.165) is 23.1 Å². The molecular formula is C22H23N3O3S. The number of nitrogens with zero attached hydrogens (tertiary/aromatic N) is 3. The van der Waals surface area contributed by atoms with Crippen LogP contribution in [0.25, 0.3) is 20.8 Å². The predicted octanol–water partition coefficient (Wildman–Crippen LogP) is 4.79. The summed E-state index contributed by atoms with van der Waals surface area (Å²) in [7, 11) is 0. The van der Waals surface area contributed by atoms with Crippen LogP contribution in [-0.4, -0.2) is 33.1 Å². The first-order valence-corrected chi connectivity index (χ1v) is 10.5. The van der Waals surface area contributed by atoms with Gasteiger partial charge in [0.1, 0.15) is 10.6 Å². The van der Waals surface area contributed by atoms with E-state index in [4.69, 9.17) is 4.74 Å². The molecule has 1 amide bonds. The molecule has 0 N–H and O–H groups in total. The quantitative estimate of drug-likeness (QED) is 0.608. The molecule has 3 aromatic rings. The van der Waals surface area contributed by atoms with Crippen LogP contribution in [0.4, 0.5) is 4.79 Å². The van der Waals surface area contributed by atoms with Crippen LogP contribution in [-0.2, 0) is 4.74 Å². The fourth-order valence-corrected chi connectivity index (χ4v) is 4.51. The van der Waals surface area contributed by atoms with Crippen LogP contribution >= 0.6 is 11.3 Å². The SMILES string of the molecule is CC(C)(C)OC(=O)N1CCCC1c1ccnc(-c2nc(=O)c3ccccc3s2)c1. The lowest BCUT2D eigenvalue weighted by Gasteiger charge is -2.28. The summed E-state index contributed by atoms with van der Waals surface area (Å²) in [6.07, 6.45) is 3.20. The van der Waals surface area contributed by atoms with Gasteiger partial charge in [0.2, 0.25) is 0 Å². The van der Waals surface area contributed by atoms with Crippen LogP contribution in [0.15, 0.2) is 47.4 Å². The minimum Gasteiger partial charge on any atom is -0.444 e. The summed E-state index contributed by atoms with van der Waals surface area (Å²) in [5.74, 6) is 0. The fourth-order valence-electron chi connectivity index (χ4n) is 3.54. The summed E-state index contributed by atoms with van der Waals surface area (Å²) in [4.78, 5) is 35.5. The van der Waals surface area contributed by atoms with E-state index in [9.17, 15) is 9.59 Å². The van der Waals surface area contributed by atoms with Gasteiger partial charge in [-0.2, -0.15) is 4.98 Å². The van der Waals surface area contributed by atoms with Crippen LogP contribution in [0.1, 0.15) is 45.2 Å². The normalized spacial score (nSPS) is 16.9. The van der Waals surface area contributed by atoms with Gasteiger partial charge in [-0.3, -0.25) is 9.78 Å². The van der Waals surface area contributed by atoms with Gasteiger partial charge in [-0.1, -0.05) is 12.1 Å². The van der Waals surface area contributed by atoms with Crippen molar-refractivity contribution in [3.05, 3.63) is 58.5 Å². The Kier molecular flexibility index (Phi) is 5.08. The predicted molar refractivity (Wildman–Crippen MR) is 114 cm³/mol. The van der Waals surface area contributed by atoms with E-state index in [1.807, 2.05) is 51.1 Å². The highest BCUT2D eigenvalue weighted by Crippen LogP contribution is 2.35. The molecule has 0 bridgehead atoms. The number of carbonyl (C=O) groups is 1. The monoisotopic (exact) mass is 409 g/mol. The molecule has 150 valence electrons. The first-order chi connectivity index (χ1) is 13.8. The van der Waals surface area contributed by atoms with Crippen LogP contribution in [0.3, 0.4) is 0 Å². The van der Waals surface area contributed by atoms with E-state index < -0.39 is 5.60 Å². The van der Waals surface area contributed by atoms with Gasteiger partial charge >= 0.3 is 6.09 Å². The Bertz CT molecular complexity index is 1120. The molecule has 1 aromatic carbocycles. The topological polar surface area (TPSA) is 72.4 Å². The molecule has 7 heteroatoms. The molecule has 3 heterocycles. The van der Waals surface area contributed by atoms with Gasteiger partial charge in [0.15, 0.2) is 0 Å². The van der Waals surface area contributed by atoms with Crippen LogP contribution in [0.2, 0.25) is 0 Å². The number of ether oxygens (including phenoxy) is 1. The van der Waals surface area contributed by atoms with Crippen molar-refractivity contribution in [3.63, 3.8) is 0 Å². The summed E-state index contributed by atoms with van der Waals surface area (Å²) in [6.45, 7) is 6.27. The number of hydrogen-bond donors (Lipinski definition) is 0. The standard InChI is InChI=1S/C22H23N3O3S/c1-22(2,3)28-21(27)25-12-6-8-17(25)14-10-11-23-16(13-14)20-24-19(26)15-7-4-5-9-18(15)29-20/h4-5,7,9-11,13,17H,6,8,12H2,1-3H3. The molecule has 2 aromatic heterocycles. The number of fused-ring (bicyclic) bond motifs is 1. The Morgan fingerprint density at radius 1 is 1.24 bits per heavy atom. The molecule has 29 heavy (non-hydrogen) atoms. The van der Waals surface area contributed by atoms with Gasteiger partial charge in [0.05, 0.1) is 17.1 Å². The van der Waals surface area contributed by atoms with Crippen molar-refractivity contribution in [1.29, 1.82) is 0 Å². The highest BCUT2D eigenvalue weighted by molar-refractivity contribution is 7.21. The molecule has 1 fully saturated rings. The van der Waals surface area contributed by atoms with Crippen molar-refractivity contribution in [2.45, 2.75) is 45.3 Å². The van der Waals surface area contributed by atoms with E-state index in [-0.39, 0.29) is 17.7 Å². The summed E-state index contributed by atoms with van der Waals surface area (Å²) in [5, 5.41) is 1.20. The Balaban J connectivity index is 1.67. The average Bonchev–Trinajstić information content (AvgIpc) is 3.17. The van der Waals surface area contributed by atoms with E-state index in [0.29, 0.717) is 22.6 Å². The Morgan fingerprint density at radius 2 is 2.03 bits per heavy atom. The number of carbonyl (C=O) groups excluding carboxylic acids is 1. The first kappa shape index (κ1) is 19.5. The van der Waals surface area contributed by atoms with Crippen LogP contribution in [0.5, 0.6) is 0 Å². The molecule has 1 aliphatic heterocycles. The van der Waals surface area contributed by atoms with Crippen molar-refractivity contribution >= 4 is 27.5 Å². The van der Waals surface area contributed by atoms with Crippen molar-refractivity contribution in [1.82, 2.24) is 14.9 Å². The molecule has 4 rings (SSSR count). The van der Waals surface area contributed by atoms with Crippen molar-refractivity contribution in [2.75, 3.05) is 6.54 Å². The summed E-state index contributed by atoms with van der Waals surface area (Å²) in [5.41, 5.74) is 0.839. The Hall–Kier alpha value is -2.80. The minimum atomic E-state index is -0.533. The van der Waals surface area contributed by atoms with Crippen LogP contribution < -0.4 is 5.56 Å². The molecule has 1 saturated heterocycles. The molecule has 0 spiro atoms. The first-order valence-electron chi connectivity index (χ1n) is 9.68. The third kappa shape index (κ3) is 4.15. The second-order valence-corrected chi connectivity index (χ2v) is 9.16. The van der Waals surface area contributed by atoms with Gasteiger partial charge in [-0.05, 0) is 63.4 Å².